The van der Waals surface area contributed by atoms with E-state index in [0.717, 1.165) is 19.5 Å². The Hall–Kier alpha value is -1.63. The second kappa shape index (κ2) is 5.81. The highest BCUT2D eigenvalue weighted by atomic mass is 16.5. The molecule has 2 heterocycles. The summed E-state index contributed by atoms with van der Waals surface area (Å²) >= 11 is 0. The van der Waals surface area contributed by atoms with Crippen LogP contribution in [0.5, 0.6) is 6.01 Å². The maximum absolute atomic E-state index is 5.67. The van der Waals surface area contributed by atoms with E-state index in [0.29, 0.717) is 25.2 Å². The number of nitrogen functional groups attached to an aromatic ring is 1. The highest BCUT2D eigenvalue weighted by Gasteiger charge is 2.20. The SMILES string of the molecule is CCCOc1nc(N)nc(N2CCOC(C)C2)n1. The van der Waals surface area contributed by atoms with Crippen LogP contribution in [0.25, 0.3) is 0 Å². The molecule has 1 aromatic rings. The first-order valence-corrected chi connectivity index (χ1v) is 6.20. The average Bonchev–Trinajstić information content (AvgIpc) is 2.36. The summed E-state index contributed by atoms with van der Waals surface area (Å²) in [6, 6.07) is 0.290. The summed E-state index contributed by atoms with van der Waals surface area (Å²) in [5, 5.41) is 0. The van der Waals surface area contributed by atoms with E-state index in [9.17, 15) is 0 Å². The number of morpholine rings is 1. The van der Waals surface area contributed by atoms with Crippen molar-refractivity contribution >= 4 is 11.9 Å². The summed E-state index contributed by atoms with van der Waals surface area (Å²) in [6.45, 7) is 6.78. The molecule has 2 N–H and O–H groups in total. The smallest absolute Gasteiger partial charge is 0.323 e. The van der Waals surface area contributed by atoms with Crippen molar-refractivity contribution in [3.8, 4) is 6.01 Å². The molecule has 0 amide bonds. The van der Waals surface area contributed by atoms with Crippen LogP contribution >= 0.6 is 0 Å². The molecule has 100 valence electrons. The Morgan fingerprint density at radius 3 is 3.00 bits per heavy atom. The summed E-state index contributed by atoms with van der Waals surface area (Å²) < 4.78 is 10.9. The molecule has 1 fully saturated rings. The van der Waals surface area contributed by atoms with Crippen LogP contribution in [0.4, 0.5) is 11.9 Å². The van der Waals surface area contributed by atoms with E-state index in [2.05, 4.69) is 15.0 Å². The van der Waals surface area contributed by atoms with E-state index in [1.165, 1.54) is 0 Å². The van der Waals surface area contributed by atoms with Gasteiger partial charge in [0.05, 0.1) is 19.3 Å². The Kier molecular flexibility index (Phi) is 4.14. The van der Waals surface area contributed by atoms with Gasteiger partial charge in [0.1, 0.15) is 0 Å². The van der Waals surface area contributed by atoms with Crippen LogP contribution in [0.2, 0.25) is 0 Å². The van der Waals surface area contributed by atoms with E-state index in [1.54, 1.807) is 0 Å². The van der Waals surface area contributed by atoms with Gasteiger partial charge in [0.25, 0.3) is 0 Å². The summed E-state index contributed by atoms with van der Waals surface area (Å²) in [7, 11) is 0. The third-order valence-electron chi connectivity index (χ3n) is 2.58. The van der Waals surface area contributed by atoms with Gasteiger partial charge in [-0.2, -0.15) is 15.0 Å². The molecular formula is C11H19N5O2. The van der Waals surface area contributed by atoms with Crippen molar-refractivity contribution < 1.29 is 9.47 Å². The molecule has 1 atom stereocenters. The average molecular weight is 253 g/mol. The summed E-state index contributed by atoms with van der Waals surface area (Å²) in [5.74, 6) is 0.744. The van der Waals surface area contributed by atoms with Gasteiger partial charge in [0, 0.05) is 13.1 Å². The lowest BCUT2D eigenvalue weighted by atomic mass is 10.3. The Morgan fingerprint density at radius 1 is 1.44 bits per heavy atom. The van der Waals surface area contributed by atoms with Crippen LogP contribution in [0.15, 0.2) is 0 Å². The first kappa shape index (κ1) is 12.8. The molecule has 7 heteroatoms. The molecule has 18 heavy (non-hydrogen) atoms. The second-order valence-corrected chi connectivity index (χ2v) is 4.25. The highest BCUT2D eigenvalue weighted by molar-refractivity contribution is 5.36. The van der Waals surface area contributed by atoms with Crippen LogP contribution in [-0.4, -0.2) is 47.4 Å². The molecule has 1 unspecified atom stereocenters. The first-order valence-electron chi connectivity index (χ1n) is 6.20. The highest BCUT2D eigenvalue weighted by Crippen LogP contribution is 2.16. The van der Waals surface area contributed by atoms with Crippen LogP contribution in [0.1, 0.15) is 20.3 Å². The number of hydrogen-bond acceptors (Lipinski definition) is 7. The molecular weight excluding hydrogens is 234 g/mol. The fourth-order valence-corrected chi connectivity index (χ4v) is 1.76. The van der Waals surface area contributed by atoms with Gasteiger partial charge in [-0.1, -0.05) is 6.92 Å². The lowest BCUT2D eigenvalue weighted by molar-refractivity contribution is 0.0525. The van der Waals surface area contributed by atoms with Crippen molar-refractivity contribution in [2.24, 2.45) is 0 Å². The van der Waals surface area contributed by atoms with Gasteiger partial charge in [-0.25, -0.2) is 0 Å². The van der Waals surface area contributed by atoms with Crippen molar-refractivity contribution in [1.82, 2.24) is 15.0 Å². The van der Waals surface area contributed by atoms with Crippen molar-refractivity contribution in [2.75, 3.05) is 36.9 Å². The van der Waals surface area contributed by atoms with Crippen LogP contribution in [0, 0.1) is 0 Å². The number of anilines is 2. The molecule has 1 saturated heterocycles. The van der Waals surface area contributed by atoms with Gasteiger partial charge in [0.15, 0.2) is 0 Å². The van der Waals surface area contributed by atoms with Crippen molar-refractivity contribution in [3.63, 3.8) is 0 Å². The van der Waals surface area contributed by atoms with Gasteiger partial charge in [-0.05, 0) is 13.3 Å². The number of nitrogens with two attached hydrogens (primary N) is 1. The molecule has 0 bridgehead atoms. The van der Waals surface area contributed by atoms with Gasteiger partial charge < -0.3 is 20.1 Å². The molecule has 0 radical (unpaired) electrons. The number of nitrogens with zero attached hydrogens (tertiary/aromatic N) is 4. The molecule has 0 spiro atoms. The number of rotatable bonds is 4. The minimum atomic E-state index is 0.164. The molecule has 1 aliphatic heterocycles. The van der Waals surface area contributed by atoms with Crippen molar-refractivity contribution in [1.29, 1.82) is 0 Å². The zero-order valence-electron chi connectivity index (χ0n) is 10.8. The lowest BCUT2D eigenvalue weighted by Gasteiger charge is -2.31. The predicted octanol–water partition coefficient (Wildman–Crippen LogP) is 0.468. The third-order valence-corrected chi connectivity index (χ3v) is 2.58. The minimum Gasteiger partial charge on any atom is -0.463 e. The molecule has 7 nitrogen and oxygen atoms in total. The van der Waals surface area contributed by atoms with Crippen LogP contribution in [-0.2, 0) is 4.74 Å². The molecule has 2 rings (SSSR count). The third kappa shape index (κ3) is 3.19. The van der Waals surface area contributed by atoms with Gasteiger partial charge in [-0.15, -0.1) is 0 Å². The molecule has 0 saturated carbocycles. The van der Waals surface area contributed by atoms with E-state index in [-0.39, 0.29) is 12.1 Å². The zero-order valence-corrected chi connectivity index (χ0v) is 10.8. The maximum atomic E-state index is 5.67. The van der Waals surface area contributed by atoms with E-state index in [4.69, 9.17) is 15.2 Å². The summed E-state index contributed by atoms with van der Waals surface area (Å²) in [6.07, 6.45) is 1.06. The topological polar surface area (TPSA) is 86.4 Å². The molecule has 0 aromatic carbocycles. The Bertz CT molecular complexity index is 401. The van der Waals surface area contributed by atoms with Gasteiger partial charge in [0.2, 0.25) is 11.9 Å². The Labute approximate surface area is 106 Å². The lowest BCUT2D eigenvalue weighted by Crippen LogP contribution is -2.42. The molecule has 0 aliphatic carbocycles. The van der Waals surface area contributed by atoms with Crippen molar-refractivity contribution in [2.45, 2.75) is 26.4 Å². The van der Waals surface area contributed by atoms with E-state index >= 15 is 0 Å². The van der Waals surface area contributed by atoms with Crippen LogP contribution < -0.4 is 15.4 Å². The summed E-state index contributed by atoms with van der Waals surface area (Å²) in [5.41, 5.74) is 5.67. The largest absolute Gasteiger partial charge is 0.463 e. The zero-order chi connectivity index (χ0) is 13.0. The maximum Gasteiger partial charge on any atom is 0.323 e. The first-order chi connectivity index (χ1) is 8.69. The van der Waals surface area contributed by atoms with Crippen LogP contribution in [0.3, 0.4) is 0 Å². The normalized spacial score (nSPS) is 19.9. The standard InChI is InChI=1S/C11H19N5O2/c1-3-5-18-11-14-9(12)13-10(15-11)16-4-6-17-8(2)7-16/h8H,3-7H2,1-2H3,(H2,12,13,14,15). The van der Waals surface area contributed by atoms with Gasteiger partial charge >= 0.3 is 6.01 Å². The predicted molar refractivity (Wildman–Crippen MR) is 67.7 cm³/mol. The summed E-state index contributed by atoms with van der Waals surface area (Å²) in [4.78, 5) is 14.4. The van der Waals surface area contributed by atoms with E-state index < -0.39 is 0 Å². The fraction of sp³-hybridized carbons (Fsp3) is 0.727. The quantitative estimate of drug-likeness (QED) is 0.834. The second-order valence-electron chi connectivity index (χ2n) is 4.25. The number of aromatic nitrogens is 3. The Morgan fingerprint density at radius 2 is 2.28 bits per heavy atom. The molecule has 1 aliphatic rings. The Balaban J connectivity index is 2.13. The van der Waals surface area contributed by atoms with E-state index in [1.807, 2.05) is 18.7 Å². The van der Waals surface area contributed by atoms with Gasteiger partial charge in [-0.3, -0.25) is 0 Å². The number of hydrogen-bond donors (Lipinski definition) is 1. The van der Waals surface area contributed by atoms with Crippen molar-refractivity contribution in [3.05, 3.63) is 0 Å². The minimum absolute atomic E-state index is 0.164. The molecule has 1 aromatic heterocycles. The number of ether oxygens (including phenoxy) is 2. The monoisotopic (exact) mass is 253 g/mol. The fourth-order valence-electron chi connectivity index (χ4n) is 1.76.